The Morgan fingerprint density at radius 2 is 1.95 bits per heavy atom. The summed E-state index contributed by atoms with van der Waals surface area (Å²) in [5.41, 5.74) is 1.13. The first-order chi connectivity index (χ1) is 9.78. The number of halogens is 1. The SMILES string of the molecule is Cc1ccc(CNS(=O)(=O)N2CC(C)OC(C)C2)cc1F. The van der Waals surface area contributed by atoms with Gasteiger partial charge in [0.05, 0.1) is 12.2 Å². The molecule has 7 heteroatoms. The number of aryl methyl sites for hydroxylation is 1. The second-order valence-electron chi connectivity index (χ2n) is 5.48. The van der Waals surface area contributed by atoms with Crippen molar-refractivity contribution in [3.05, 3.63) is 35.1 Å². The zero-order valence-electron chi connectivity index (χ0n) is 12.5. The molecule has 0 radical (unpaired) electrons. The lowest BCUT2D eigenvalue weighted by Crippen LogP contribution is -2.51. The molecule has 1 aliphatic heterocycles. The molecule has 21 heavy (non-hydrogen) atoms. The van der Waals surface area contributed by atoms with Gasteiger partial charge < -0.3 is 4.74 Å². The van der Waals surface area contributed by atoms with Gasteiger partial charge >= 0.3 is 0 Å². The fraction of sp³-hybridized carbons (Fsp3) is 0.571. The van der Waals surface area contributed by atoms with Gasteiger partial charge in [-0.15, -0.1) is 0 Å². The van der Waals surface area contributed by atoms with E-state index in [1.54, 1.807) is 19.1 Å². The third-order valence-electron chi connectivity index (χ3n) is 3.42. The minimum Gasteiger partial charge on any atom is -0.373 e. The molecule has 1 aromatic carbocycles. The lowest BCUT2D eigenvalue weighted by molar-refractivity contribution is -0.0444. The molecule has 2 unspecified atom stereocenters. The van der Waals surface area contributed by atoms with Crippen LogP contribution in [-0.2, 0) is 21.5 Å². The predicted molar refractivity (Wildman–Crippen MR) is 78.5 cm³/mol. The summed E-state index contributed by atoms with van der Waals surface area (Å²) in [5, 5.41) is 0. The highest BCUT2D eigenvalue weighted by Crippen LogP contribution is 2.14. The Hall–Kier alpha value is -1.02. The average molecular weight is 316 g/mol. The third kappa shape index (κ3) is 4.23. The molecule has 0 bridgehead atoms. The summed E-state index contributed by atoms with van der Waals surface area (Å²) in [6, 6.07) is 4.70. The van der Waals surface area contributed by atoms with Crippen molar-refractivity contribution in [2.45, 2.75) is 39.5 Å². The lowest BCUT2D eigenvalue weighted by Gasteiger charge is -2.34. The topological polar surface area (TPSA) is 58.6 Å². The zero-order valence-corrected chi connectivity index (χ0v) is 13.3. The van der Waals surface area contributed by atoms with Gasteiger partial charge in [-0.05, 0) is 38.0 Å². The van der Waals surface area contributed by atoms with Crippen molar-refractivity contribution in [2.24, 2.45) is 0 Å². The molecule has 1 heterocycles. The van der Waals surface area contributed by atoms with Crippen molar-refractivity contribution in [2.75, 3.05) is 13.1 Å². The molecule has 0 spiro atoms. The average Bonchev–Trinajstić information content (AvgIpc) is 2.39. The first-order valence-corrected chi connectivity index (χ1v) is 8.37. The quantitative estimate of drug-likeness (QED) is 0.917. The molecular formula is C14H21FN2O3S. The van der Waals surface area contributed by atoms with Crippen LogP contribution >= 0.6 is 0 Å². The smallest absolute Gasteiger partial charge is 0.279 e. The Morgan fingerprint density at radius 1 is 1.33 bits per heavy atom. The third-order valence-corrected chi connectivity index (χ3v) is 4.91. The molecule has 2 atom stereocenters. The molecule has 118 valence electrons. The number of morpholine rings is 1. The normalized spacial score (nSPS) is 24.2. The first-order valence-electron chi connectivity index (χ1n) is 6.93. The van der Waals surface area contributed by atoms with Crippen molar-refractivity contribution < 1.29 is 17.5 Å². The highest BCUT2D eigenvalue weighted by Gasteiger charge is 2.30. The fourth-order valence-corrected chi connectivity index (χ4v) is 3.68. The summed E-state index contributed by atoms with van der Waals surface area (Å²) in [7, 11) is -3.59. The van der Waals surface area contributed by atoms with Gasteiger partial charge in [0.1, 0.15) is 5.82 Å². The van der Waals surface area contributed by atoms with Crippen molar-refractivity contribution in [3.8, 4) is 0 Å². The molecule has 2 rings (SSSR count). The van der Waals surface area contributed by atoms with E-state index in [0.717, 1.165) is 0 Å². The van der Waals surface area contributed by atoms with Crippen LogP contribution in [0.15, 0.2) is 18.2 Å². The highest BCUT2D eigenvalue weighted by atomic mass is 32.2. The minimum atomic E-state index is -3.59. The van der Waals surface area contributed by atoms with Crippen LogP contribution in [0.25, 0.3) is 0 Å². The molecule has 1 fully saturated rings. The van der Waals surface area contributed by atoms with E-state index in [1.165, 1.54) is 10.4 Å². The molecule has 1 aromatic rings. The van der Waals surface area contributed by atoms with Crippen molar-refractivity contribution in [1.82, 2.24) is 9.03 Å². The second-order valence-corrected chi connectivity index (χ2v) is 7.24. The second kappa shape index (κ2) is 6.39. The van der Waals surface area contributed by atoms with Crippen molar-refractivity contribution in [3.63, 3.8) is 0 Å². The van der Waals surface area contributed by atoms with Crippen LogP contribution in [0.2, 0.25) is 0 Å². The van der Waals surface area contributed by atoms with Gasteiger partial charge in [-0.25, -0.2) is 4.39 Å². The monoisotopic (exact) mass is 316 g/mol. The van der Waals surface area contributed by atoms with Crippen molar-refractivity contribution in [1.29, 1.82) is 0 Å². The lowest BCUT2D eigenvalue weighted by atomic mass is 10.1. The van der Waals surface area contributed by atoms with Gasteiger partial charge in [-0.3, -0.25) is 0 Å². The van der Waals surface area contributed by atoms with Crippen LogP contribution in [0, 0.1) is 12.7 Å². The van der Waals surface area contributed by atoms with Gasteiger partial charge in [-0.2, -0.15) is 17.4 Å². The summed E-state index contributed by atoms with van der Waals surface area (Å²) in [6.45, 7) is 6.06. The summed E-state index contributed by atoms with van der Waals surface area (Å²) in [6.07, 6.45) is -0.274. The van der Waals surface area contributed by atoms with Gasteiger partial charge in [-0.1, -0.05) is 12.1 Å². The summed E-state index contributed by atoms with van der Waals surface area (Å²) in [5.74, 6) is -0.333. The van der Waals surface area contributed by atoms with E-state index in [1.807, 2.05) is 13.8 Å². The van der Waals surface area contributed by atoms with Crippen LogP contribution in [0.5, 0.6) is 0 Å². The molecule has 1 saturated heterocycles. The van der Waals surface area contributed by atoms with Crippen LogP contribution < -0.4 is 4.72 Å². The van der Waals surface area contributed by atoms with Gasteiger partial charge in [0.25, 0.3) is 10.2 Å². The van der Waals surface area contributed by atoms with E-state index in [4.69, 9.17) is 4.74 Å². The van der Waals surface area contributed by atoms with Crippen LogP contribution in [0.3, 0.4) is 0 Å². The Labute approximate surface area is 125 Å². The number of hydrogen-bond acceptors (Lipinski definition) is 3. The number of nitrogens with one attached hydrogen (secondary N) is 1. The van der Waals surface area contributed by atoms with E-state index in [2.05, 4.69) is 4.72 Å². The molecule has 0 amide bonds. The van der Waals surface area contributed by atoms with E-state index >= 15 is 0 Å². The number of rotatable bonds is 4. The van der Waals surface area contributed by atoms with E-state index in [0.29, 0.717) is 24.2 Å². The van der Waals surface area contributed by atoms with Gasteiger partial charge in [0.15, 0.2) is 0 Å². The Morgan fingerprint density at radius 3 is 2.52 bits per heavy atom. The first kappa shape index (κ1) is 16.4. The minimum absolute atomic E-state index is 0.0691. The largest absolute Gasteiger partial charge is 0.373 e. The maximum Gasteiger partial charge on any atom is 0.279 e. The summed E-state index contributed by atoms with van der Waals surface area (Å²) in [4.78, 5) is 0. The Bertz CT molecular complexity index is 596. The zero-order chi connectivity index (χ0) is 15.6. The van der Waals surface area contributed by atoms with E-state index in [9.17, 15) is 12.8 Å². The number of hydrogen-bond donors (Lipinski definition) is 1. The number of ether oxygens (including phenoxy) is 1. The highest BCUT2D eigenvalue weighted by molar-refractivity contribution is 7.87. The molecule has 0 aliphatic carbocycles. The molecular weight excluding hydrogens is 295 g/mol. The van der Waals surface area contributed by atoms with E-state index < -0.39 is 10.2 Å². The van der Waals surface area contributed by atoms with Crippen LogP contribution in [0.1, 0.15) is 25.0 Å². The predicted octanol–water partition coefficient (Wildman–Crippen LogP) is 1.58. The van der Waals surface area contributed by atoms with Crippen molar-refractivity contribution >= 4 is 10.2 Å². The molecule has 5 nitrogen and oxygen atoms in total. The summed E-state index contributed by atoms with van der Waals surface area (Å²) < 4.78 is 47.4. The standard InChI is InChI=1S/C14H21FN2O3S/c1-10-4-5-13(6-14(10)15)7-16-21(18,19)17-8-11(2)20-12(3)9-17/h4-6,11-12,16H,7-9H2,1-3H3. The maximum absolute atomic E-state index is 13.5. The molecule has 1 aliphatic rings. The van der Waals surface area contributed by atoms with Gasteiger partial charge in [0, 0.05) is 19.6 Å². The Balaban J connectivity index is 2.02. The Kier molecular flexibility index (Phi) is 4.98. The number of nitrogens with zero attached hydrogens (tertiary/aromatic N) is 1. The van der Waals surface area contributed by atoms with E-state index in [-0.39, 0.29) is 24.6 Å². The molecule has 0 saturated carbocycles. The molecule has 0 aromatic heterocycles. The van der Waals surface area contributed by atoms with Gasteiger partial charge in [0.2, 0.25) is 0 Å². The maximum atomic E-state index is 13.5. The summed E-state index contributed by atoms with van der Waals surface area (Å²) >= 11 is 0. The fourth-order valence-electron chi connectivity index (χ4n) is 2.34. The van der Waals surface area contributed by atoms with Crippen LogP contribution in [-0.4, -0.2) is 38.0 Å². The van der Waals surface area contributed by atoms with Crippen LogP contribution in [0.4, 0.5) is 4.39 Å². The molecule has 1 N–H and O–H groups in total. The number of benzene rings is 1.